The minimum atomic E-state index is -0.350. The number of phenolic OH excluding ortho intramolecular Hbond substituents is 1. The summed E-state index contributed by atoms with van der Waals surface area (Å²) in [5, 5.41) is 18.2. The van der Waals surface area contributed by atoms with E-state index in [1.807, 2.05) is 0 Å². The average Bonchev–Trinajstić information content (AvgIpc) is 2.18. The summed E-state index contributed by atoms with van der Waals surface area (Å²) in [6, 6.07) is 4.56. The van der Waals surface area contributed by atoms with Crippen molar-refractivity contribution in [3.63, 3.8) is 0 Å². The lowest BCUT2D eigenvalue weighted by molar-refractivity contribution is 0.102. The van der Waals surface area contributed by atoms with Gasteiger partial charge in [-0.3, -0.25) is 4.79 Å². The van der Waals surface area contributed by atoms with Gasteiger partial charge in [0.05, 0.1) is 16.5 Å². The van der Waals surface area contributed by atoms with Gasteiger partial charge in [-0.05, 0) is 12.1 Å². The zero-order valence-corrected chi connectivity index (χ0v) is 8.71. The first-order chi connectivity index (χ1) is 6.61. The summed E-state index contributed by atoms with van der Waals surface area (Å²) < 4.78 is 0. The van der Waals surface area contributed by atoms with E-state index in [1.54, 1.807) is 6.07 Å². The predicted molar refractivity (Wildman–Crippen MR) is 55.4 cm³/mol. The molecule has 1 rings (SSSR count). The molecule has 0 unspecified atom stereocenters. The van der Waals surface area contributed by atoms with Crippen molar-refractivity contribution in [2.24, 2.45) is 0 Å². The summed E-state index contributed by atoms with van der Waals surface area (Å²) in [4.78, 5) is 11.3. The first kappa shape index (κ1) is 10.5. The van der Waals surface area contributed by atoms with E-state index < -0.39 is 0 Å². The molecule has 0 heterocycles. The van der Waals surface area contributed by atoms with Gasteiger partial charge in [0.2, 0.25) is 0 Å². The van der Waals surface area contributed by atoms with Gasteiger partial charge >= 0.3 is 0 Å². The third-order valence-electron chi connectivity index (χ3n) is 1.73. The van der Waals surface area contributed by atoms with E-state index in [-0.39, 0.29) is 33.7 Å². The number of nitrogens with two attached hydrogens (primary N) is 1. The van der Waals surface area contributed by atoms with E-state index >= 15 is 0 Å². The minimum Gasteiger partial charge on any atom is -0.506 e. The van der Waals surface area contributed by atoms with Gasteiger partial charge < -0.3 is 10.8 Å². The number of carbonyl (C=O) groups excluding carboxylic acids is 1. The molecule has 0 radical (unpaired) electrons. The summed E-state index contributed by atoms with van der Waals surface area (Å²) in [5.74, 6) is -0.700. The van der Waals surface area contributed by atoms with Crippen molar-refractivity contribution >= 4 is 27.4 Å². The highest BCUT2D eigenvalue weighted by Crippen LogP contribution is 2.28. The van der Waals surface area contributed by atoms with Crippen LogP contribution in [0.1, 0.15) is 15.9 Å². The van der Waals surface area contributed by atoms with Gasteiger partial charge in [0, 0.05) is 5.69 Å². The van der Waals surface area contributed by atoms with Crippen LogP contribution in [0, 0.1) is 11.3 Å². The minimum absolute atomic E-state index is 0.000856. The quantitative estimate of drug-likeness (QED) is 0.475. The fourth-order valence-electron chi connectivity index (χ4n) is 1.06. The number of halogens is 1. The van der Waals surface area contributed by atoms with Crippen LogP contribution >= 0.6 is 15.9 Å². The molecule has 1 aromatic carbocycles. The van der Waals surface area contributed by atoms with E-state index in [0.29, 0.717) is 0 Å². The molecule has 0 aliphatic rings. The number of alkyl halides is 1. The highest BCUT2D eigenvalue weighted by molar-refractivity contribution is 9.09. The SMILES string of the molecule is N#Cc1ccc(N)c(C(=O)CBr)c1O. The number of carbonyl (C=O) groups is 1. The van der Waals surface area contributed by atoms with Gasteiger partial charge in [-0.15, -0.1) is 0 Å². The number of nitriles is 1. The average molecular weight is 255 g/mol. The number of ketones is 1. The second-order valence-electron chi connectivity index (χ2n) is 2.59. The Morgan fingerprint density at radius 1 is 1.64 bits per heavy atom. The number of phenols is 1. The zero-order chi connectivity index (χ0) is 10.7. The van der Waals surface area contributed by atoms with E-state index in [2.05, 4.69) is 15.9 Å². The molecule has 0 aliphatic heterocycles. The Bertz CT molecular complexity index is 424. The van der Waals surface area contributed by atoms with E-state index in [4.69, 9.17) is 11.0 Å². The Hall–Kier alpha value is -1.54. The van der Waals surface area contributed by atoms with Crippen molar-refractivity contribution in [2.45, 2.75) is 0 Å². The van der Waals surface area contributed by atoms with Crippen LogP contribution < -0.4 is 5.73 Å². The largest absolute Gasteiger partial charge is 0.506 e. The van der Waals surface area contributed by atoms with Crippen LogP contribution in [-0.4, -0.2) is 16.2 Å². The summed E-state index contributed by atoms with van der Waals surface area (Å²) in [5.41, 5.74) is 5.73. The number of rotatable bonds is 2. The first-order valence-corrected chi connectivity index (χ1v) is 4.84. The summed E-state index contributed by atoms with van der Waals surface area (Å²) in [7, 11) is 0. The number of anilines is 1. The Labute approximate surface area is 89.1 Å². The first-order valence-electron chi connectivity index (χ1n) is 3.72. The molecule has 0 aromatic heterocycles. The van der Waals surface area contributed by atoms with Gasteiger partial charge in [-0.1, -0.05) is 15.9 Å². The van der Waals surface area contributed by atoms with Crippen molar-refractivity contribution in [3.8, 4) is 11.8 Å². The Balaban J connectivity index is 3.42. The van der Waals surface area contributed by atoms with E-state index in [0.717, 1.165) is 0 Å². The van der Waals surface area contributed by atoms with E-state index in [9.17, 15) is 9.90 Å². The third kappa shape index (κ3) is 1.70. The maximum Gasteiger partial charge on any atom is 0.179 e. The van der Waals surface area contributed by atoms with Crippen molar-refractivity contribution in [1.82, 2.24) is 0 Å². The van der Waals surface area contributed by atoms with Crippen LogP contribution in [0.15, 0.2) is 12.1 Å². The van der Waals surface area contributed by atoms with Crippen molar-refractivity contribution < 1.29 is 9.90 Å². The van der Waals surface area contributed by atoms with Gasteiger partial charge in [-0.25, -0.2) is 0 Å². The molecule has 0 fully saturated rings. The number of nitrogens with zero attached hydrogens (tertiary/aromatic N) is 1. The van der Waals surface area contributed by atoms with Crippen molar-refractivity contribution in [3.05, 3.63) is 23.3 Å². The number of benzene rings is 1. The van der Waals surface area contributed by atoms with Gasteiger partial charge in [0.1, 0.15) is 11.8 Å². The Kier molecular flexibility index (Phi) is 3.10. The van der Waals surface area contributed by atoms with Crippen LogP contribution in [0.2, 0.25) is 0 Å². The molecular weight excluding hydrogens is 248 g/mol. The molecule has 5 heteroatoms. The molecular formula is C9H7BrN2O2. The second kappa shape index (κ2) is 4.11. The Morgan fingerprint density at radius 2 is 2.29 bits per heavy atom. The van der Waals surface area contributed by atoms with Gasteiger partial charge in [0.25, 0.3) is 0 Å². The zero-order valence-electron chi connectivity index (χ0n) is 7.12. The number of Topliss-reactive ketones (excluding diaryl/α,β-unsaturated/α-hetero) is 1. The lowest BCUT2D eigenvalue weighted by Crippen LogP contribution is -2.05. The normalized spacial score (nSPS) is 9.43. The molecule has 0 bridgehead atoms. The number of nitrogen functional groups attached to an aromatic ring is 1. The fourth-order valence-corrected chi connectivity index (χ4v) is 1.34. The lowest BCUT2D eigenvalue weighted by Gasteiger charge is -2.06. The topological polar surface area (TPSA) is 87.1 Å². The van der Waals surface area contributed by atoms with Gasteiger partial charge in [0.15, 0.2) is 5.78 Å². The maximum absolute atomic E-state index is 11.3. The predicted octanol–water partition coefficient (Wildman–Crippen LogP) is 1.42. The van der Waals surface area contributed by atoms with Crippen LogP contribution in [0.5, 0.6) is 5.75 Å². The second-order valence-corrected chi connectivity index (χ2v) is 3.16. The molecule has 0 atom stereocenters. The molecule has 0 saturated heterocycles. The smallest absolute Gasteiger partial charge is 0.179 e. The molecule has 3 N–H and O–H groups in total. The number of hydrogen-bond acceptors (Lipinski definition) is 4. The maximum atomic E-state index is 11.3. The molecule has 4 nitrogen and oxygen atoms in total. The third-order valence-corrected chi connectivity index (χ3v) is 2.24. The van der Waals surface area contributed by atoms with Gasteiger partial charge in [-0.2, -0.15) is 5.26 Å². The number of hydrogen-bond donors (Lipinski definition) is 2. The number of aromatic hydroxyl groups is 1. The van der Waals surface area contributed by atoms with Crippen LogP contribution in [0.25, 0.3) is 0 Å². The molecule has 14 heavy (non-hydrogen) atoms. The van der Waals surface area contributed by atoms with E-state index in [1.165, 1.54) is 12.1 Å². The molecule has 0 saturated carbocycles. The molecule has 1 aromatic rings. The van der Waals surface area contributed by atoms with Crippen LogP contribution in [0.4, 0.5) is 5.69 Å². The molecule has 0 aliphatic carbocycles. The summed E-state index contributed by atoms with van der Waals surface area (Å²) >= 11 is 2.97. The highest BCUT2D eigenvalue weighted by Gasteiger charge is 2.16. The fraction of sp³-hybridized carbons (Fsp3) is 0.111. The molecule has 0 spiro atoms. The Morgan fingerprint density at radius 3 is 2.79 bits per heavy atom. The standard InChI is InChI=1S/C9H7BrN2O2/c10-3-7(13)8-6(12)2-1-5(4-11)9(8)14/h1-2,14H,3,12H2. The summed E-state index contributed by atoms with van der Waals surface area (Å²) in [6.07, 6.45) is 0. The lowest BCUT2D eigenvalue weighted by atomic mass is 10.0. The summed E-state index contributed by atoms with van der Waals surface area (Å²) in [6.45, 7) is 0. The van der Waals surface area contributed by atoms with Crippen LogP contribution in [-0.2, 0) is 0 Å². The molecule has 72 valence electrons. The van der Waals surface area contributed by atoms with Crippen molar-refractivity contribution in [2.75, 3.05) is 11.1 Å². The molecule has 0 amide bonds. The monoisotopic (exact) mass is 254 g/mol. The highest BCUT2D eigenvalue weighted by atomic mass is 79.9. The van der Waals surface area contributed by atoms with Crippen LogP contribution in [0.3, 0.4) is 0 Å². The van der Waals surface area contributed by atoms with Crippen molar-refractivity contribution in [1.29, 1.82) is 5.26 Å².